The van der Waals surface area contributed by atoms with Gasteiger partial charge in [0, 0.05) is 24.8 Å². The number of nitrogens with one attached hydrogen (secondary N) is 2. The third-order valence-corrected chi connectivity index (χ3v) is 5.50. The highest BCUT2D eigenvalue weighted by atomic mass is 32.2. The van der Waals surface area contributed by atoms with Gasteiger partial charge in [-0.25, -0.2) is 18.5 Å². The maximum absolute atomic E-state index is 12.6. The summed E-state index contributed by atoms with van der Waals surface area (Å²) in [5.74, 6) is -0.487. The first kappa shape index (κ1) is 21.5. The van der Waals surface area contributed by atoms with Gasteiger partial charge in [0.25, 0.3) is 5.91 Å². The van der Waals surface area contributed by atoms with Crippen molar-refractivity contribution >= 4 is 33.2 Å². The third-order valence-electron chi connectivity index (χ3n) is 4.57. The Hall–Kier alpha value is -3.24. The fourth-order valence-electron chi connectivity index (χ4n) is 3.08. The fourth-order valence-corrected chi connectivity index (χ4v) is 3.59. The molecule has 1 aromatic carbocycles. The molecular weight excluding hydrogens is 406 g/mol. The smallest absolute Gasteiger partial charge is 0.270 e. The Kier molecular flexibility index (Phi) is 6.18. The number of sulfonamides is 1. The van der Waals surface area contributed by atoms with E-state index in [1.54, 1.807) is 17.5 Å². The second-order valence-electron chi connectivity index (χ2n) is 6.91. The van der Waals surface area contributed by atoms with E-state index in [0.29, 0.717) is 30.0 Å². The van der Waals surface area contributed by atoms with Gasteiger partial charge in [0.1, 0.15) is 11.3 Å². The number of benzene rings is 1. The molecule has 0 aliphatic carbocycles. The molecule has 2 heterocycles. The minimum Gasteiger partial charge on any atom is -0.351 e. The van der Waals surface area contributed by atoms with Gasteiger partial charge in [-0.05, 0) is 56.2 Å². The van der Waals surface area contributed by atoms with Crippen LogP contribution in [0.1, 0.15) is 34.6 Å². The van der Waals surface area contributed by atoms with Gasteiger partial charge < -0.3 is 10.6 Å². The Morgan fingerprint density at radius 2 is 1.83 bits per heavy atom. The van der Waals surface area contributed by atoms with E-state index >= 15 is 0 Å². The molecule has 0 atom stereocenters. The summed E-state index contributed by atoms with van der Waals surface area (Å²) in [6.07, 6.45) is 2.44. The van der Waals surface area contributed by atoms with Crippen molar-refractivity contribution in [1.29, 1.82) is 0 Å². The molecule has 0 saturated heterocycles. The zero-order valence-corrected chi connectivity index (χ0v) is 17.5. The maximum atomic E-state index is 12.6. The Morgan fingerprint density at radius 1 is 1.13 bits per heavy atom. The minimum absolute atomic E-state index is 0.0268. The van der Waals surface area contributed by atoms with E-state index in [1.807, 2.05) is 19.1 Å². The molecule has 0 saturated carbocycles. The van der Waals surface area contributed by atoms with Crippen LogP contribution in [0.5, 0.6) is 0 Å². The fraction of sp³-hybridized carbons (Fsp3) is 0.250. The Labute approximate surface area is 174 Å². The van der Waals surface area contributed by atoms with E-state index in [-0.39, 0.29) is 23.1 Å². The lowest BCUT2D eigenvalue weighted by Crippen LogP contribution is -2.27. The van der Waals surface area contributed by atoms with Gasteiger partial charge in [-0.3, -0.25) is 14.0 Å². The van der Waals surface area contributed by atoms with Crippen molar-refractivity contribution in [3.8, 4) is 0 Å². The zero-order valence-electron chi connectivity index (χ0n) is 16.7. The Morgan fingerprint density at radius 3 is 2.50 bits per heavy atom. The number of nitrogens with zero attached hydrogens (tertiary/aromatic N) is 2. The molecule has 3 rings (SSSR count). The summed E-state index contributed by atoms with van der Waals surface area (Å²) in [4.78, 5) is 29.0. The first-order chi connectivity index (χ1) is 14.2. The summed E-state index contributed by atoms with van der Waals surface area (Å²) >= 11 is 0. The molecule has 0 spiro atoms. The predicted octanol–water partition coefficient (Wildman–Crippen LogP) is 1.75. The van der Waals surface area contributed by atoms with Gasteiger partial charge in [-0.2, -0.15) is 0 Å². The molecule has 0 aliphatic rings. The molecule has 4 N–H and O–H groups in total. The second kappa shape index (κ2) is 8.64. The average Bonchev–Trinajstić information content (AvgIpc) is 3.02. The minimum atomic E-state index is -3.77. The number of anilines is 1. The van der Waals surface area contributed by atoms with Gasteiger partial charge in [-0.1, -0.05) is 6.07 Å². The van der Waals surface area contributed by atoms with Crippen molar-refractivity contribution in [2.75, 3.05) is 11.9 Å². The van der Waals surface area contributed by atoms with Crippen molar-refractivity contribution in [2.45, 2.75) is 31.6 Å². The number of imidazole rings is 1. The molecule has 2 amide bonds. The van der Waals surface area contributed by atoms with Crippen LogP contribution in [0.3, 0.4) is 0 Å². The van der Waals surface area contributed by atoms with Crippen molar-refractivity contribution < 1.29 is 18.0 Å². The number of primary sulfonamides is 1. The van der Waals surface area contributed by atoms with Gasteiger partial charge in [-0.15, -0.1) is 0 Å². The molecule has 0 bridgehead atoms. The lowest BCUT2D eigenvalue weighted by Gasteiger charge is -2.08. The Balaban J connectivity index is 1.50. The monoisotopic (exact) mass is 429 g/mol. The highest BCUT2D eigenvalue weighted by Gasteiger charge is 2.17. The van der Waals surface area contributed by atoms with Gasteiger partial charge in [0.15, 0.2) is 0 Å². The molecule has 10 heteroatoms. The molecule has 30 heavy (non-hydrogen) atoms. The third kappa shape index (κ3) is 4.84. The van der Waals surface area contributed by atoms with E-state index in [0.717, 1.165) is 11.2 Å². The van der Waals surface area contributed by atoms with Gasteiger partial charge >= 0.3 is 0 Å². The number of hydrogen-bond donors (Lipinski definition) is 3. The molecule has 9 nitrogen and oxygen atoms in total. The quantitative estimate of drug-likeness (QED) is 0.492. The van der Waals surface area contributed by atoms with Crippen LogP contribution in [0.15, 0.2) is 47.5 Å². The summed E-state index contributed by atoms with van der Waals surface area (Å²) in [6, 6.07) is 9.38. The van der Waals surface area contributed by atoms with E-state index in [1.165, 1.54) is 24.3 Å². The zero-order chi connectivity index (χ0) is 21.9. The number of rotatable bonds is 7. The van der Waals surface area contributed by atoms with Crippen LogP contribution in [-0.2, 0) is 14.8 Å². The maximum Gasteiger partial charge on any atom is 0.270 e. The highest BCUT2D eigenvalue weighted by Crippen LogP contribution is 2.15. The van der Waals surface area contributed by atoms with Crippen LogP contribution < -0.4 is 15.8 Å². The first-order valence-electron chi connectivity index (χ1n) is 9.32. The van der Waals surface area contributed by atoms with E-state index in [2.05, 4.69) is 15.6 Å². The summed E-state index contributed by atoms with van der Waals surface area (Å²) in [7, 11) is -3.77. The van der Waals surface area contributed by atoms with Crippen molar-refractivity contribution in [2.24, 2.45) is 5.14 Å². The van der Waals surface area contributed by atoms with Crippen LogP contribution in [-0.4, -0.2) is 36.2 Å². The lowest BCUT2D eigenvalue weighted by molar-refractivity contribution is -0.116. The normalized spacial score (nSPS) is 11.4. The molecular formula is C20H23N5O4S. The first-order valence-corrected chi connectivity index (χ1v) is 10.9. The van der Waals surface area contributed by atoms with Crippen LogP contribution in [0, 0.1) is 13.8 Å². The number of carbonyl (C=O) groups is 2. The summed E-state index contributed by atoms with van der Waals surface area (Å²) < 4.78 is 24.2. The topological polar surface area (TPSA) is 136 Å². The SMILES string of the molecule is Cc1nc2c(C)cccn2c1C(=O)NCCCC(=O)Nc1ccc(S(N)(=O)=O)cc1. The molecule has 0 fully saturated rings. The molecule has 0 unspecified atom stereocenters. The summed E-state index contributed by atoms with van der Waals surface area (Å²) in [5.41, 5.74) is 3.31. The highest BCUT2D eigenvalue weighted by molar-refractivity contribution is 7.89. The summed E-state index contributed by atoms with van der Waals surface area (Å²) in [6.45, 7) is 4.05. The van der Waals surface area contributed by atoms with Crippen LogP contribution in [0.25, 0.3) is 5.65 Å². The van der Waals surface area contributed by atoms with E-state index in [9.17, 15) is 18.0 Å². The largest absolute Gasteiger partial charge is 0.351 e. The number of carbonyl (C=O) groups excluding carboxylic acids is 2. The van der Waals surface area contributed by atoms with Crippen molar-refractivity contribution in [1.82, 2.24) is 14.7 Å². The number of hydrogen-bond acceptors (Lipinski definition) is 5. The lowest BCUT2D eigenvalue weighted by atomic mass is 10.2. The number of fused-ring (bicyclic) bond motifs is 1. The van der Waals surface area contributed by atoms with Gasteiger partial charge in [0.05, 0.1) is 10.6 Å². The van der Waals surface area contributed by atoms with E-state index in [4.69, 9.17) is 5.14 Å². The predicted molar refractivity (Wildman–Crippen MR) is 113 cm³/mol. The second-order valence-corrected chi connectivity index (χ2v) is 8.47. The van der Waals surface area contributed by atoms with E-state index < -0.39 is 10.0 Å². The number of nitrogens with two attached hydrogens (primary N) is 1. The summed E-state index contributed by atoms with van der Waals surface area (Å²) in [5, 5.41) is 10.5. The average molecular weight is 430 g/mol. The molecule has 3 aromatic rings. The number of pyridine rings is 1. The van der Waals surface area contributed by atoms with Crippen molar-refractivity contribution in [3.63, 3.8) is 0 Å². The number of aromatic nitrogens is 2. The molecule has 158 valence electrons. The molecule has 2 aromatic heterocycles. The van der Waals surface area contributed by atoms with Crippen LogP contribution in [0.4, 0.5) is 5.69 Å². The van der Waals surface area contributed by atoms with Crippen LogP contribution >= 0.6 is 0 Å². The Bertz CT molecular complexity index is 1200. The molecule has 0 aliphatic heterocycles. The number of amides is 2. The van der Waals surface area contributed by atoms with Crippen LogP contribution in [0.2, 0.25) is 0 Å². The standard InChI is InChI=1S/C20H23N5O4S/c1-13-5-4-12-25-18(14(2)23-19(13)25)20(27)22-11-3-6-17(26)24-15-7-9-16(10-8-15)30(21,28)29/h4-5,7-10,12H,3,6,11H2,1-2H3,(H,22,27)(H,24,26)(H2,21,28,29). The van der Waals surface area contributed by atoms with Crippen molar-refractivity contribution in [3.05, 3.63) is 59.5 Å². The molecule has 0 radical (unpaired) electrons. The van der Waals surface area contributed by atoms with Gasteiger partial charge in [0.2, 0.25) is 15.9 Å². The number of aryl methyl sites for hydroxylation is 2.